The summed E-state index contributed by atoms with van der Waals surface area (Å²) < 4.78 is 0. The summed E-state index contributed by atoms with van der Waals surface area (Å²) in [6, 6.07) is 0. The summed E-state index contributed by atoms with van der Waals surface area (Å²) in [5.41, 5.74) is 0. The van der Waals surface area contributed by atoms with Crippen LogP contribution in [0.15, 0.2) is 0 Å². The molecule has 0 aromatic carbocycles. The first-order chi connectivity index (χ1) is 11.9. The van der Waals surface area contributed by atoms with Crippen LogP contribution in [0.2, 0.25) is 0 Å². The van der Waals surface area contributed by atoms with E-state index in [0.717, 1.165) is 59.6 Å². The van der Waals surface area contributed by atoms with Crippen molar-refractivity contribution in [2.24, 2.45) is 0 Å². The van der Waals surface area contributed by atoms with E-state index < -0.39 is 21.5 Å². The van der Waals surface area contributed by atoms with Crippen molar-refractivity contribution in [3.8, 4) is 59.6 Å². The molecule has 0 saturated carbocycles. The van der Waals surface area contributed by atoms with Crippen molar-refractivity contribution < 1.29 is 72.7 Å². The Labute approximate surface area is 243 Å². The van der Waals surface area contributed by atoms with Gasteiger partial charge in [-0.3, -0.25) is 0 Å². The molecule has 0 rings (SSSR count). The first kappa shape index (κ1) is 42.3. The van der Waals surface area contributed by atoms with Gasteiger partial charge in [-0.25, -0.2) is 0 Å². The van der Waals surface area contributed by atoms with E-state index >= 15 is 0 Å². The molecule has 159 valence electrons. The molecule has 0 heterocycles. The zero-order valence-electron chi connectivity index (χ0n) is 13.0. The standard InChI is InChI=1S/12CN.3Cu.2Fe.K.H/c12*1-2;;;;;;;/q;;;;;;;;;;;;3*+2;2*-3;;. The van der Waals surface area contributed by atoms with E-state index in [4.69, 9.17) is 63.1 Å². The van der Waals surface area contributed by atoms with Crippen LogP contribution in [-0.4, -0.2) is 51.4 Å². The SMILES string of the molecule is N#[C][Fe-3]([C]#N)([C]#N)([C]#N)([C]#N)[C]#N.N#[C][Fe-3]([C]#N)([C]#N)([C]#N)([C]#N)[C]#N.[Cu+2].[Cu+2].[Cu+2].[KH]. The van der Waals surface area contributed by atoms with Crippen LogP contribution >= 0.6 is 0 Å². The number of nitrogens with zero attached hydrogens (tertiary/aromatic N) is 12. The maximum atomic E-state index is 8.58. The molecule has 3 radical (unpaired) electrons. The van der Waals surface area contributed by atoms with E-state index in [1.165, 1.54) is 0 Å². The maximum absolute atomic E-state index is 8.58. The molecule has 0 N–H and O–H groups in total. The Hall–Kier alpha value is -1.89. The van der Waals surface area contributed by atoms with Gasteiger partial charge in [0.15, 0.2) is 0 Å². The second kappa shape index (κ2) is 11.5. The van der Waals surface area contributed by atoms with E-state index in [9.17, 15) is 0 Å². The molecule has 0 bridgehead atoms. The summed E-state index contributed by atoms with van der Waals surface area (Å²) in [6.07, 6.45) is 0. The fourth-order valence-corrected chi connectivity index (χ4v) is 2.19. The van der Waals surface area contributed by atoms with Gasteiger partial charge in [0.25, 0.3) is 0 Å². The van der Waals surface area contributed by atoms with Crippen molar-refractivity contribution >= 4 is 51.4 Å². The average molecular weight is 655 g/mol. The molecule has 18 heteroatoms. The van der Waals surface area contributed by atoms with Crippen LogP contribution in [0.1, 0.15) is 0 Å². The number of hydrogen-bond acceptors (Lipinski definition) is 12. The Bertz CT molecular complexity index is 896. The van der Waals surface area contributed by atoms with Crippen LogP contribution < -0.4 is 0 Å². The monoisotopic (exact) mass is 653 g/mol. The van der Waals surface area contributed by atoms with Crippen molar-refractivity contribution in [1.82, 2.24) is 0 Å². The first-order valence-electron chi connectivity index (χ1n) is 4.80. The second-order valence-electron chi connectivity index (χ2n) is 3.60. The Kier molecular flexibility index (Phi) is 16.2. The molecule has 0 unspecified atom stereocenters. The fraction of sp³-hybridized carbons (Fsp3) is 0. The number of rotatable bonds is 0. The van der Waals surface area contributed by atoms with Crippen molar-refractivity contribution in [3.63, 3.8) is 0 Å². The van der Waals surface area contributed by atoms with Gasteiger partial charge < -0.3 is 0 Å². The molecule has 0 aromatic rings. The normalized spacial score (nSPS) is 11.6. The molecule has 30 heavy (non-hydrogen) atoms. The van der Waals surface area contributed by atoms with Crippen molar-refractivity contribution in [2.75, 3.05) is 0 Å². The minimum atomic E-state index is -6.17. The van der Waals surface area contributed by atoms with Crippen LogP contribution in [0, 0.1) is 123 Å². The zero-order chi connectivity index (χ0) is 21.3. The van der Waals surface area contributed by atoms with Gasteiger partial charge in [0.1, 0.15) is 0 Å². The van der Waals surface area contributed by atoms with Gasteiger partial charge in [-0.05, 0) is 0 Å². The Balaban J connectivity index is -0.0000000847. The topological polar surface area (TPSA) is 285 Å². The molecule has 0 amide bonds. The van der Waals surface area contributed by atoms with E-state index in [1.54, 1.807) is 0 Å². The molecular weight excluding hydrogens is 654 g/mol. The molecule has 0 aromatic heterocycles. The van der Waals surface area contributed by atoms with Gasteiger partial charge in [-0.15, -0.1) is 0 Å². The van der Waals surface area contributed by atoms with E-state index in [0.29, 0.717) is 0 Å². The van der Waals surface area contributed by atoms with E-state index in [2.05, 4.69) is 0 Å². The van der Waals surface area contributed by atoms with Crippen LogP contribution in [0.25, 0.3) is 0 Å². The molecule has 0 aliphatic heterocycles. The first-order valence-corrected chi connectivity index (χ1v) is 11.4. The van der Waals surface area contributed by atoms with Gasteiger partial charge in [0.05, 0.1) is 0 Å². The van der Waals surface area contributed by atoms with Gasteiger partial charge in [0.2, 0.25) is 0 Å². The summed E-state index contributed by atoms with van der Waals surface area (Å²) in [5.74, 6) is 0. The Morgan fingerprint density at radius 1 is 0.267 bits per heavy atom. The van der Waals surface area contributed by atoms with Crippen LogP contribution in [0.3, 0.4) is 0 Å². The van der Waals surface area contributed by atoms with Crippen LogP contribution in [0.5, 0.6) is 0 Å². The predicted molar refractivity (Wildman–Crippen MR) is 74.5 cm³/mol. The van der Waals surface area contributed by atoms with Gasteiger partial charge in [-0.1, -0.05) is 0 Å². The molecule has 0 fully saturated rings. The molecule has 0 spiro atoms. The average Bonchev–Trinajstić information content (AvgIpc) is 2.77. The number of hydrogen-bond donors (Lipinski definition) is 0. The Morgan fingerprint density at radius 3 is 0.333 bits per heavy atom. The fourth-order valence-electron chi connectivity index (χ4n) is 0.530. The quantitative estimate of drug-likeness (QED) is 0.300. The summed E-state index contributed by atoms with van der Waals surface area (Å²) in [6.45, 7) is 0. The molecular formula is C12HCu3Fe2KN12. The summed E-state index contributed by atoms with van der Waals surface area (Å²) in [4.78, 5) is 12.4. The summed E-state index contributed by atoms with van der Waals surface area (Å²) in [5, 5.41) is 103. The van der Waals surface area contributed by atoms with Gasteiger partial charge in [0, 0.05) is 0 Å². The number of nitriles is 12. The van der Waals surface area contributed by atoms with Gasteiger partial charge >= 0.3 is 247 Å². The summed E-state index contributed by atoms with van der Waals surface area (Å²) >= 11 is 0. The van der Waals surface area contributed by atoms with Crippen LogP contribution in [0.4, 0.5) is 0 Å². The van der Waals surface area contributed by atoms with Gasteiger partial charge in [-0.2, -0.15) is 0 Å². The molecule has 12 nitrogen and oxygen atoms in total. The predicted octanol–water partition coefficient (Wildman–Crippen LogP) is -0.460. The third kappa shape index (κ3) is 4.88. The molecule has 0 aliphatic rings. The van der Waals surface area contributed by atoms with E-state index in [1.807, 2.05) is 0 Å². The van der Waals surface area contributed by atoms with Crippen molar-refractivity contribution in [3.05, 3.63) is 0 Å². The Morgan fingerprint density at radius 2 is 0.333 bits per heavy atom. The van der Waals surface area contributed by atoms with Crippen molar-refractivity contribution in [1.29, 1.82) is 63.1 Å². The summed E-state index contributed by atoms with van der Waals surface area (Å²) in [7, 11) is -12.3. The van der Waals surface area contributed by atoms with E-state index in [-0.39, 0.29) is 103 Å². The molecule has 0 aliphatic carbocycles. The van der Waals surface area contributed by atoms with Crippen molar-refractivity contribution in [2.45, 2.75) is 0 Å². The zero-order valence-corrected chi connectivity index (χ0v) is 18.0. The molecule has 0 saturated heterocycles. The van der Waals surface area contributed by atoms with Crippen LogP contribution in [-0.2, 0) is 72.7 Å². The molecule has 0 atom stereocenters. The minimum absolute atomic E-state index is 0. The third-order valence-electron chi connectivity index (χ3n) is 2.37. The second-order valence-corrected chi connectivity index (χ2v) is 14.8. The third-order valence-corrected chi connectivity index (χ3v) is 9.78.